The summed E-state index contributed by atoms with van der Waals surface area (Å²) in [5.41, 5.74) is 9.98. The highest BCUT2D eigenvalue weighted by Crippen LogP contribution is 2.49. The number of hydrogen-bond acceptors (Lipinski definition) is 6. The number of sulfone groups is 1. The predicted octanol–water partition coefficient (Wildman–Crippen LogP) is 3.46. The first-order valence-electron chi connectivity index (χ1n) is 8.81. The minimum atomic E-state index is -4.78. The van der Waals surface area contributed by atoms with E-state index in [9.17, 15) is 30.4 Å². The Kier molecular flexibility index (Phi) is 5.42. The third kappa shape index (κ3) is 3.91. The van der Waals surface area contributed by atoms with Crippen molar-refractivity contribution in [3.63, 3.8) is 0 Å². The molecule has 166 valence electrons. The molecule has 1 aromatic rings. The first kappa shape index (κ1) is 22.9. The lowest BCUT2D eigenvalue weighted by Crippen LogP contribution is -2.61. The van der Waals surface area contributed by atoms with Crippen molar-refractivity contribution in [1.82, 2.24) is 0 Å². The number of amidine groups is 1. The fourth-order valence-corrected chi connectivity index (χ4v) is 7.19. The molecule has 1 aromatic carbocycles. The van der Waals surface area contributed by atoms with Crippen LogP contribution in [-0.2, 0) is 9.84 Å². The summed E-state index contributed by atoms with van der Waals surface area (Å²) in [5, 5.41) is -1.05. The van der Waals surface area contributed by atoms with Crippen molar-refractivity contribution in [2.24, 2.45) is 10.7 Å². The summed E-state index contributed by atoms with van der Waals surface area (Å²) in [6.07, 6.45) is -6.88. The topological polar surface area (TPSA) is 98.5 Å². The van der Waals surface area contributed by atoms with Gasteiger partial charge in [-0.05, 0) is 37.6 Å². The molecule has 5 nitrogen and oxygen atoms in total. The summed E-state index contributed by atoms with van der Waals surface area (Å²) in [6, 6.07) is 3.84. The summed E-state index contributed by atoms with van der Waals surface area (Å²) in [7, 11) is -4.42. The maximum absolute atomic E-state index is 14.9. The van der Waals surface area contributed by atoms with Gasteiger partial charge in [0.2, 0.25) is 0 Å². The second kappa shape index (κ2) is 7.11. The molecular formula is C18H20F5N3O2S2. The largest absolute Gasteiger partial charge is 0.396 e. The molecule has 2 aliphatic heterocycles. The molecule has 3 rings (SSSR count). The van der Waals surface area contributed by atoms with Crippen molar-refractivity contribution in [3.05, 3.63) is 35.7 Å². The van der Waals surface area contributed by atoms with Crippen molar-refractivity contribution in [2.45, 2.75) is 48.2 Å². The Hall–Kier alpha value is -1.82. The quantitative estimate of drug-likeness (QED) is 0.522. The van der Waals surface area contributed by atoms with Gasteiger partial charge in [0.05, 0.1) is 28.6 Å². The third-order valence-corrected chi connectivity index (χ3v) is 9.71. The predicted molar refractivity (Wildman–Crippen MR) is 108 cm³/mol. The van der Waals surface area contributed by atoms with Gasteiger partial charge >= 0.3 is 6.18 Å². The zero-order valence-corrected chi connectivity index (χ0v) is 17.6. The average Bonchev–Trinajstić information content (AvgIpc) is 2.96. The van der Waals surface area contributed by atoms with E-state index in [0.717, 1.165) is 24.8 Å². The molecule has 3 unspecified atom stereocenters. The smallest absolute Gasteiger partial charge is 0.391 e. The number of allylic oxidation sites excluding steroid dienone is 1. The molecule has 0 aliphatic carbocycles. The molecule has 2 aliphatic rings. The van der Waals surface area contributed by atoms with E-state index in [1.54, 1.807) is 0 Å². The van der Waals surface area contributed by atoms with E-state index < -0.39 is 61.5 Å². The molecule has 0 aromatic heterocycles. The number of alkyl halides is 4. The molecule has 2 heterocycles. The van der Waals surface area contributed by atoms with Crippen LogP contribution >= 0.6 is 11.8 Å². The van der Waals surface area contributed by atoms with Crippen molar-refractivity contribution in [3.8, 4) is 0 Å². The van der Waals surface area contributed by atoms with Crippen molar-refractivity contribution in [2.75, 3.05) is 11.5 Å². The summed E-state index contributed by atoms with van der Waals surface area (Å²) >= 11 is 0.967. The van der Waals surface area contributed by atoms with Crippen LogP contribution in [0.4, 0.5) is 27.6 Å². The molecule has 0 bridgehead atoms. The van der Waals surface area contributed by atoms with Crippen molar-refractivity contribution >= 4 is 38.0 Å². The van der Waals surface area contributed by atoms with Gasteiger partial charge in [0.1, 0.15) is 22.6 Å². The molecule has 0 spiro atoms. The van der Waals surface area contributed by atoms with Crippen LogP contribution in [0.15, 0.2) is 29.3 Å². The number of nitrogens with two attached hydrogens (primary N) is 2. The van der Waals surface area contributed by atoms with Crippen LogP contribution < -0.4 is 11.5 Å². The third-order valence-electron chi connectivity index (χ3n) is 5.37. The van der Waals surface area contributed by atoms with E-state index in [1.165, 1.54) is 25.1 Å². The van der Waals surface area contributed by atoms with Gasteiger partial charge in [-0.1, -0.05) is 6.07 Å². The van der Waals surface area contributed by atoms with Gasteiger partial charge < -0.3 is 11.5 Å². The SMILES string of the molecule is CC1(CC(F)(F)F)C(N)=N[C@](C)(C2SC(c3ccc(F)c(N)c3)=CC2F)CS1(=O)=O. The Morgan fingerprint density at radius 2 is 1.90 bits per heavy atom. The van der Waals surface area contributed by atoms with E-state index in [4.69, 9.17) is 11.5 Å². The van der Waals surface area contributed by atoms with E-state index in [2.05, 4.69) is 4.99 Å². The molecule has 4 N–H and O–H groups in total. The Labute approximate surface area is 174 Å². The summed E-state index contributed by atoms with van der Waals surface area (Å²) in [5.74, 6) is -2.12. The highest BCUT2D eigenvalue weighted by atomic mass is 32.2. The molecular weight excluding hydrogens is 449 g/mol. The second-order valence-corrected chi connectivity index (χ2v) is 11.5. The number of nitrogens with zero attached hydrogens (tertiary/aromatic N) is 1. The lowest BCUT2D eigenvalue weighted by Gasteiger charge is -2.42. The Morgan fingerprint density at radius 3 is 2.43 bits per heavy atom. The van der Waals surface area contributed by atoms with Crippen LogP contribution in [0.3, 0.4) is 0 Å². The maximum Gasteiger partial charge on any atom is 0.391 e. The number of thioether (sulfide) groups is 1. The van der Waals surface area contributed by atoms with Crippen LogP contribution in [0.5, 0.6) is 0 Å². The number of hydrogen-bond donors (Lipinski definition) is 2. The highest BCUT2D eigenvalue weighted by molar-refractivity contribution is 8.09. The van der Waals surface area contributed by atoms with Crippen LogP contribution in [0.25, 0.3) is 4.91 Å². The van der Waals surface area contributed by atoms with Crippen LogP contribution in [0.1, 0.15) is 25.8 Å². The fourth-order valence-electron chi connectivity index (χ4n) is 3.66. The Morgan fingerprint density at radius 1 is 1.27 bits per heavy atom. The van der Waals surface area contributed by atoms with Crippen LogP contribution in [0.2, 0.25) is 0 Å². The van der Waals surface area contributed by atoms with E-state index in [-0.39, 0.29) is 5.69 Å². The normalized spacial score (nSPS) is 33.8. The first-order valence-corrected chi connectivity index (χ1v) is 11.3. The van der Waals surface area contributed by atoms with Gasteiger partial charge in [0, 0.05) is 4.91 Å². The van der Waals surface area contributed by atoms with Crippen LogP contribution in [-0.4, -0.2) is 47.9 Å². The lowest BCUT2D eigenvalue weighted by molar-refractivity contribution is -0.137. The molecule has 12 heteroatoms. The summed E-state index contributed by atoms with van der Waals surface area (Å²) in [4.78, 5) is 4.47. The van der Waals surface area contributed by atoms with Gasteiger partial charge in [-0.2, -0.15) is 13.2 Å². The number of aliphatic imine (C=N–C) groups is 1. The minimum Gasteiger partial charge on any atom is -0.396 e. The number of rotatable bonds is 3. The standard InChI is InChI=1S/C18H20F5N3O2S2/c1-16(8-30(27,28)17(2,15(25)26-16)7-18(21,22)23)14-11(20)6-13(29-14)9-3-4-10(19)12(24)5-9/h3-6,11,14H,7-8,24H2,1-2H3,(H2,25,26)/t11?,14?,16-,17?/m0/s1. The molecule has 0 fully saturated rings. The molecule has 0 radical (unpaired) electrons. The number of nitrogen functional groups attached to an aromatic ring is 1. The Bertz CT molecular complexity index is 1040. The highest BCUT2D eigenvalue weighted by Gasteiger charge is 2.58. The number of anilines is 1. The van der Waals surface area contributed by atoms with Gasteiger partial charge in [-0.15, -0.1) is 11.8 Å². The zero-order valence-electron chi connectivity index (χ0n) is 16.0. The van der Waals surface area contributed by atoms with E-state index in [1.807, 2.05) is 0 Å². The molecule has 30 heavy (non-hydrogen) atoms. The number of halogens is 5. The zero-order chi connectivity index (χ0) is 22.7. The monoisotopic (exact) mass is 469 g/mol. The fraction of sp³-hybridized carbons (Fsp3) is 0.500. The van der Waals surface area contributed by atoms with Crippen molar-refractivity contribution in [1.29, 1.82) is 0 Å². The van der Waals surface area contributed by atoms with Crippen LogP contribution in [0, 0.1) is 5.82 Å². The number of benzene rings is 1. The van der Waals surface area contributed by atoms with E-state index in [0.29, 0.717) is 10.5 Å². The summed E-state index contributed by atoms with van der Waals surface area (Å²) < 4.78 is 90.5. The van der Waals surface area contributed by atoms with Gasteiger partial charge in [-0.25, -0.2) is 17.2 Å². The second-order valence-electron chi connectivity index (χ2n) is 7.89. The first-order chi connectivity index (χ1) is 13.6. The van der Waals surface area contributed by atoms with E-state index >= 15 is 0 Å². The molecule has 0 saturated carbocycles. The van der Waals surface area contributed by atoms with Gasteiger partial charge in [0.15, 0.2) is 9.84 Å². The van der Waals surface area contributed by atoms with Gasteiger partial charge in [0.25, 0.3) is 0 Å². The van der Waals surface area contributed by atoms with Gasteiger partial charge in [-0.3, -0.25) is 4.99 Å². The Balaban J connectivity index is 1.95. The summed E-state index contributed by atoms with van der Waals surface area (Å²) in [6.45, 7) is 2.23. The lowest BCUT2D eigenvalue weighted by atomic mass is 9.95. The molecule has 0 amide bonds. The average molecular weight is 470 g/mol. The minimum absolute atomic E-state index is 0.135. The molecule has 4 atom stereocenters. The van der Waals surface area contributed by atoms with Crippen molar-refractivity contribution < 1.29 is 30.4 Å². The molecule has 0 saturated heterocycles. The maximum atomic E-state index is 14.9.